The molecule has 1 aromatic rings. The maximum Gasteiger partial charge on any atom is 0.176 e. The Bertz CT molecular complexity index is 458. The molecule has 0 radical (unpaired) electrons. The van der Waals surface area contributed by atoms with Gasteiger partial charge in [-0.1, -0.05) is 31.9 Å². The molecule has 1 unspecified atom stereocenters. The summed E-state index contributed by atoms with van der Waals surface area (Å²) in [5.74, 6) is 1.80. The predicted molar refractivity (Wildman–Crippen MR) is 86.0 cm³/mol. The lowest BCUT2D eigenvalue weighted by Gasteiger charge is -2.19. The van der Waals surface area contributed by atoms with Crippen molar-refractivity contribution in [2.24, 2.45) is 5.92 Å². The van der Waals surface area contributed by atoms with Gasteiger partial charge in [0.15, 0.2) is 5.78 Å². The smallest absolute Gasteiger partial charge is 0.176 e. The molecule has 1 fully saturated rings. The zero-order chi connectivity index (χ0) is 15.1. The van der Waals surface area contributed by atoms with E-state index in [4.69, 9.17) is 4.74 Å². The fourth-order valence-electron chi connectivity index (χ4n) is 3.17. The van der Waals surface area contributed by atoms with Gasteiger partial charge in [0.05, 0.1) is 13.7 Å². The van der Waals surface area contributed by atoms with E-state index in [0.29, 0.717) is 6.54 Å². The average Bonchev–Trinajstić information content (AvgIpc) is 2.73. The topological polar surface area (TPSA) is 29.5 Å². The fraction of sp³-hybridized carbons (Fsp3) is 0.611. The van der Waals surface area contributed by atoms with E-state index in [2.05, 4.69) is 11.8 Å². The van der Waals surface area contributed by atoms with Crippen molar-refractivity contribution < 1.29 is 9.53 Å². The van der Waals surface area contributed by atoms with Crippen molar-refractivity contribution in [3.63, 3.8) is 0 Å². The first-order valence-corrected chi connectivity index (χ1v) is 8.12. The zero-order valence-electron chi connectivity index (χ0n) is 13.3. The second-order valence-corrected chi connectivity index (χ2v) is 6.02. The molecule has 1 aliphatic rings. The molecule has 0 N–H and O–H groups in total. The van der Waals surface area contributed by atoms with Crippen LogP contribution < -0.4 is 4.74 Å². The Kier molecular flexibility index (Phi) is 6.24. The van der Waals surface area contributed by atoms with Gasteiger partial charge in [0.2, 0.25) is 0 Å². The summed E-state index contributed by atoms with van der Waals surface area (Å²) in [5.41, 5.74) is 0.753. The number of likely N-dealkylation sites (tertiary alicyclic amines) is 1. The molecule has 21 heavy (non-hydrogen) atoms. The lowest BCUT2D eigenvalue weighted by atomic mass is 9.96. The van der Waals surface area contributed by atoms with Gasteiger partial charge in [-0.2, -0.15) is 0 Å². The van der Waals surface area contributed by atoms with Crippen molar-refractivity contribution in [3.05, 3.63) is 29.8 Å². The lowest BCUT2D eigenvalue weighted by molar-refractivity contribution is 0.0932. The van der Waals surface area contributed by atoms with E-state index in [1.165, 1.54) is 32.1 Å². The van der Waals surface area contributed by atoms with Gasteiger partial charge in [0.1, 0.15) is 5.75 Å². The second kappa shape index (κ2) is 8.18. The number of ketones is 1. The standard InChI is InChI=1S/C18H27NO2/c1-3-6-15-7-5-11-19(12-10-15)14-18(20)16-8-4-9-17(13-16)21-2/h4,8-9,13,15H,3,5-7,10-12,14H2,1-2H3. The van der Waals surface area contributed by atoms with Gasteiger partial charge in [-0.25, -0.2) is 0 Å². The molecule has 2 rings (SSSR count). The molecule has 0 aromatic heterocycles. The van der Waals surface area contributed by atoms with E-state index in [0.717, 1.165) is 30.3 Å². The summed E-state index contributed by atoms with van der Waals surface area (Å²) < 4.78 is 5.19. The number of ether oxygens (including phenoxy) is 1. The van der Waals surface area contributed by atoms with E-state index < -0.39 is 0 Å². The molecule has 1 aromatic carbocycles. The van der Waals surface area contributed by atoms with Crippen LogP contribution in [0.15, 0.2) is 24.3 Å². The fourth-order valence-corrected chi connectivity index (χ4v) is 3.17. The summed E-state index contributed by atoms with van der Waals surface area (Å²) in [6, 6.07) is 7.46. The predicted octanol–water partition coefficient (Wildman–Crippen LogP) is 3.78. The van der Waals surface area contributed by atoms with Crippen molar-refractivity contribution in [1.29, 1.82) is 0 Å². The Morgan fingerprint density at radius 2 is 2.19 bits per heavy atom. The quantitative estimate of drug-likeness (QED) is 0.746. The van der Waals surface area contributed by atoms with Crippen molar-refractivity contribution in [1.82, 2.24) is 4.90 Å². The zero-order valence-corrected chi connectivity index (χ0v) is 13.3. The molecule has 0 amide bonds. The molecular weight excluding hydrogens is 262 g/mol. The van der Waals surface area contributed by atoms with Gasteiger partial charge >= 0.3 is 0 Å². The molecule has 1 saturated heterocycles. The number of rotatable bonds is 6. The molecule has 0 bridgehead atoms. The van der Waals surface area contributed by atoms with Crippen LogP contribution >= 0.6 is 0 Å². The SMILES string of the molecule is CCCC1CCCN(CC(=O)c2cccc(OC)c2)CC1. The van der Waals surface area contributed by atoms with Gasteiger partial charge in [0, 0.05) is 5.56 Å². The van der Waals surface area contributed by atoms with Crippen LogP contribution in [0.2, 0.25) is 0 Å². The number of carbonyl (C=O) groups is 1. The molecule has 0 aliphatic carbocycles. The van der Waals surface area contributed by atoms with Crippen molar-refractivity contribution in [3.8, 4) is 5.75 Å². The Labute approximate surface area is 128 Å². The molecule has 0 spiro atoms. The van der Waals surface area contributed by atoms with Crippen molar-refractivity contribution in [2.45, 2.75) is 39.0 Å². The Balaban J connectivity index is 1.90. The number of benzene rings is 1. The summed E-state index contributed by atoms with van der Waals surface area (Å²) in [5, 5.41) is 0. The van der Waals surface area contributed by atoms with Gasteiger partial charge in [0.25, 0.3) is 0 Å². The third-order valence-electron chi connectivity index (χ3n) is 4.40. The number of methoxy groups -OCH3 is 1. The van der Waals surface area contributed by atoms with Gasteiger partial charge < -0.3 is 4.74 Å². The van der Waals surface area contributed by atoms with Crippen LogP contribution in [0.5, 0.6) is 5.75 Å². The first-order valence-electron chi connectivity index (χ1n) is 8.12. The highest BCUT2D eigenvalue weighted by Gasteiger charge is 2.19. The Morgan fingerprint density at radius 1 is 1.33 bits per heavy atom. The van der Waals surface area contributed by atoms with Gasteiger partial charge in [-0.05, 0) is 50.4 Å². The highest BCUT2D eigenvalue weighted by atomic mass is 16.5. The molecule has 0 saturated carbocycles. The lowest BCUT2D eigenvalue weighted by Crippen LogP contribution is -2.31. The van der Waals surface area contributed by atoms with Crippen LogP contribution in [0, 0.1) is 5.92 Å². The van der Waals surface area contributed by atoms with Crippen LogP contribution in [0.25, 0.3) is 0 Å². The average molecular weight is 289 g/mol. The van der Waals surface area contributed by atoms with Crippen LogP contribution in [0.1, 0.15) is 49.4 Å². The number of carbonyl (C=O) groups excluding carboxylic acids is 1. The first kappa shape index (κ1) is 16.0. The first-order chi connectivity index (χ1) is 10.2. The van der Waals surface area contributed by atoms with Crippen LogP contribution in [0.3, 0.4) is 0 Å². The largest absolute Gasteiger partial charge is 0.497 e. The highest BCUT2D eigenvalue weighted by molar-refractivity contribution is 5.97. The summed E-state index contributed by atoms with van der Waals surface area (Å²) >= 11 is 0. The monoisotopic (exact) mass is 289 g/mol. The number of Topliss-reactive ketones (excluding diaryl/α,β-unsaturated/α-hetero) is 1. The minimum atomic E-state index is 0.197. The number of hydrogen-bond donors (Lipinski definition) is 0. The minimum Gasteiger partial charge on any atom is -0.497 e. The van der Waals surface area contributed by atoms with Gasteiger partial charge in [-0.3, -0.25) is 9.69 Å². The van der Waals surface area contributed by atoms with E-state index in [1.54, 1.807) is 7.11 Å². The highest BCUT2D eigenvalue weighted by Crippen LogP contribution is 2.22. The molecular formula is C18H27NO2. The Morgan fingerprint density at radius 3 is 2.95 bits per heavy atom. The van der Waals surface area contributed by atoms with E-state index in [1.807, 2.05) is 24.3 Å². The number of hydrogen-bond acceptors (Lipinski definition) is 3. The summed E-state index contributed by atoms with van der Waals surface area (Å²) in [4.78, 5) is 14.7. The molecule has 116 valence electrons. The summed E-state index contributed by atoms with van der Waals surface area (Å²) in [7, 11) is 1.63. The second-order valence-electron chi connectivity index (χ2n) is 6.02. The minimum absolute atomic E-state index is 0.197. The Hall–Kier alpha value is -1.35. The van der Waals surface area contributed by atoms with Crippen LogP contribution in [-0.4, -0.2) is 37.4 Å². The van der Waals surface area contributed by atoms with E-state index >= 15 is 0 Å². The van der Waals surface area contributed by atoms with Crippen LogP contribution in [-0.2, 0) is 0 Å². The third kappa shape index (κ3) is 4.85. The molecule has 3 nitrogen and oxygen atoms in total. The maximum atomic E-state index is 12.4. The molecule has 3 heteroatoms. The van der Waals surface area contributed by atoms with Gasteiger partial charge in [-0.15, -0.1) is 0 Å². The number of nitrogens with zero attached hydrogens (tertiary/aromatic N) is 1. The maximum absolute atomic E-state index is 12.4. The normalized spacial score (nSPS) is 20.0. The van der Waals surface area contributed by atoms with Crippen LogP contribution in [0.4, 0.5) is 0 Å². The summed E-state index contributed by atoms with van der Waals surface area (Å²) in [6.45, 7) is 4.90. The molecule has 1 heterocycles. The molecule has 1 atom stereocenters. The van der Waals surface area contributed by atoms with Crippen molar-refractivity contribution in [2.75, 3.05) is 26.7 Å². The third-order valence-corrected chi connectivity index (χ3v) is 4.40. The van der Waals surface area contributed by atoms with E-state index in [-0.39, 0.29) is 5.78 Å². The molecule has 1 aliphatic heterocycles. The summed E-state index contributed by atoms with van der Waals surface area (Å²) in [6.07, 6.45) is 6.37. The van der Waals surface area contributed by atoms with Crippen molar-refractivity contribution >= 4 is 5.78 Å². The van der Waals surface area contributed by atoms with E-state index in [9.17, 15) is 4.79 Å².